The van der Waals surface area contributed by atoms with Crippen LogP contribution >= 0.6 is 11.6 Å². The van der Waals surface area contributed by atoms with E-state index in [1.807, 2.05) is 6.07 Å². The maximum absolute atomic E-state index is 12.6. The minimum absolute atomic E-state index is 0.0646. The van der Waals surface area contributed by atoms with Crippen LogP contribution in [0.5, 0.6) is 0 Å². The van der Waals surface area contributed by atoms with Gasteiger partial charge >= 0.3 is 0 Å². The molecule has 2 N–H and O–H groups in total. The van der Waals surface area contributed by atoms with E-state index in [1.165, 1.54) is 0 Å². The first-order valence-corrected chi connectivity index (χ1v) is 10.6. The van der Waals surface area contributed by atoms with Gasteiger partial charge in [-0.3, -0.25) is 14.8 Å². The fourth-order valence-electron chi connectivity index (χ4n) is 3.83. The number of nitrogens with one attached hydrogen (secondary N) is 2. The summed E-state index contributed by atoms with van der Waals surface area (Å²) in [6.07, 6.45) is 9.62. The second-order valence-corrected chi connectivity index (χ2v) is 8.05. The monoisotopic (exact) mass is 415 g/mol. The number of pyridine rings is 1. The van der Waals surface area contributed by atoms with Crippen molar-refractivity contribution >= 4 is 23.2 Å². The Morgan fingerprint density at radius 1 is 1.28 bits per heavy atom. The van der Waals surface area contributed by atoms with E-state index < -0.39 is 0 Å². The predicted octanol–water partition coefficient (Wildman–Crippen LogP) is 2.89. The Labute approximate surface area is 175 Å². The quantitative estimate of drug-likeness (QED) is 0.718. The highest BCUT2D eigenvalue weighted by atomic mass is 35.5. The number of ketones is 1. The molecule has 0 amide bonds. The summed E-state index contributed by atoms with van der Waals surface area (Å²) in [7, 11) is 0. The highest BCUT2D eigenvalue weighted by Crippen LogP contribution is 2.27. The molecule has 2 aliphatic heterocycles. The van der Waals surface area contributed by atoms with Crippen LogP contribution in [0, 0.1) is 5.92 Å². The van der Waals surface area contributed by atoms with E-state index in [1.54, 1.807) is 18.6 Å². The van der Waals surface area contributed by atoms with Gasteiger partial charge in [0, 0.05) is 49.5 Å². The molecule has 2 aromatic heterocycles. The van der Waals surface area contributed by atoms with Gasteiger partial charge in [0.1, 0.15) is 11.6 Å². The van der Waals surface area contributed by atoms with Crippen molar-refractivity contribution in [2.75, 3.05) is 31.6 Å². The summed E-state index contributed by atoms with van der Waals surface area (Å²) in [5.74, 6) is 0.961. The van der Waals surface area contributed by atoms with Crippen LogP contribution in [-0.4, -0.2) is 53.1 Å². The zero-order valence-corrected chi connectivity index (χ0v) is 17.1. The summed E-state index contributed by atoms with van der Waals surface area (Å²) < 4.78 is 5.63. The lowest BCUT2D eigenvalue weighted by atomic mass is 9.92. The minimum Gasteiger partial charge on any atom is -0.376 e. The smallest absolute Gasteiger partial charge is 0.145 e. The molecule has 0 aliphatic carbocycles. The molecular weight excluding hydrogens is 390 g/mol. The van der Waals surface area contributed by atoms with Crippen molar-refractivity contribution in [1.29, 1.82) is 0 Å². The number of nitrogens with zero attached hydrogens (tertiary/aromatic N) is 3. The number of Topliss-reactive ketones (excluding diaryl/α,β-unsaturated/α-hetero) is 1. The molecule has 0 saturated carbocycles. The highest BCUT2D eigenvalue weighted by Gasteiger charge is 2.22. The average molecular weight is 416 g/mol. The maximum Gasteiger partial charge on any atom is 0.145 e. The third-order valence-electron chi connectivity index (χ3n) is 5.46. The van der Waals surface area contributed by atoms with Crippen molar-refractivity contribution in [2.24, 2.45) is 5.92 Å². The van der Waals surface area contributed by atoms with E-state index in [2.05, 4.69) is 25.6 Å². The maximum atomic E-state index is 12.6. The lowest BCUT2D eigenvalue weighted by molar-refractivity contribution is -0.122. The molecular formula is C21H26ClN5O2. The van der Waals surface area contributed by atoms with Gasteiger partial charge in [0.15, 0.2) is 0 Å². The van der Waals surface area contributed by atoms with Crippen LogP contribution in [0.3, 0.4) is 0 Å². The summed E-state index contributed by atoms with van der Waals surface area (Å²) in [6.45, 7) is 3.27. The number of halogens is 1. The molecule has 7 nitrogen and oxygen atoms in total. The SMILES string of the molecule is O=C(Cc1cc(-c2cncc(NC[C@@H]3CCCO3)n2)c(Cl)cn1)[C@@H]1CCCNC1. The van der Waals surface area contributed by atoms with Crippen molar-refractivity contribution in [3.63, 3.8) is 0 Å². The molecule has 8 heteroatoms. The predicted molar refractivity (Wildman–Crippen MR) is 112 cm³/mol. The minimum atomic E-state index is 0.0646. The molecule has 2 saturated heterocycles. The fraction of sp³-hybridized carbons (Fsp3) is 0.524. The van der Waals surface area contributed by atoms with E-state index in [0.717, 1.165) is 50.9 Å². The summed E-state index contributed by atoms with van der Waals surface area (Å²) in [4.78, 5) is 25.9. The van der Waals surface area contributed by atoms with Crippen LogP contribution in [0.15, 0.2) is 24.7 Å². The number of hydrogen-bond acceptors (Lipinski definition) is 7. The number of ether oxygens (including phenoxy) is 1. The molecule has 2 atom stereocenters. The fourth-order valence-corrected chi connectivity index (χ4v) is 4.03. The Morgan fingerprint density at radius 3 is 3.00 bits per heavy atom. The molecule has 4 heterocycles. The van der Waals surface area contributed by atoms with E-state index in [4.69, 9.17) is 16.3 Å². The molecule has 0 aromatic carbocycles. The Bertz CT molecular complexity index is 851. The van der Waals surface area contributed by atoms with Crippen molar-refractivity contribution in [3.8, 4) is 11.3 Å². The first kappa shape index (κ1) is 20.2. The lowest BCUT2D eigenvalue weighted by Crippen LogP contribution is -2.35. The van der Waals surface area contributed by atoms with Gasteiger partial charge in [0.25, 0.3) is 0 Å². The third kappa shape index (κ3) is 5.29. The molecule has 0 spiro atoms. The number of rotatable bonds is 7. The van der Waals surface area contributed by atoms with Crippen molar-refractivity contribution in [1.82, 2.24) is 20.3 Å². The highest BCUT2D eigenvalue weighted by molar-refractivity contribution is 6.33. The zero-order chi connectivity index (χ0) is 20.1. The van der Waals surface area contributed by atoms with Crippen LogP contribution in [0.25, 0.3) is 11.3 Å². The molecule has 29 heavy (non-hydrogen) atoms. The van der Waals surface area contributed by atoms with Gasteiger partial charge in [-0.05, 0) is 38.3 Å². The largest absolute Gasteiger partial charge is 0.376 e. The van der Waals surface area contributed by atoms with Crippen LogP contribution in [-0.2, 0) is 16.0 Å². The molecule has 0 bridgehead atoms. The molecule has 2 fully saturated rings. The van der Waals surface area contributed by atoms with E-state index in [0.29, 0.717) is 35.2 Å². The first-order valence-electron chi connectivity index (χ1n) is 10.2. The summed E-state index contributed by atoms with van der Waals surface area (Å²) in [5.41, 5.74) is 2.10. The molecule has 0 unspecified atom stereocenters. The Kier molecular flexibility index (Phi) is 6.69. The number of carbonyl (C=O) groups is 1. The first-order chi connectivity index (χ1) is 14.2. The summed E-state index contributed by atoms with van der Waals surface area (Å²) in [6, 6.07) is 1.85. The Balaban J connectivity index is 1.46. The summed E-state index contributed by atoms with van der Waals surface area (Å²) in [5, 5.41) is 7.07. The van der Waals surface area contributed by atoms with Crippen LogP contribution in [0.2, 0.25) is 5.02 Å². The number of hydrogen-bond donors (Lipinski definition) is 2. The molecule has 0 radical (unpaired) electrons. The Morgan fingerprint density at radius 2 is 2.21 bits per heavy atom. The van der Waals surface area contributed by atoms with Crippen LogP contribution in [0.1, 0.15) is 31.4 Å². The van der Waals surface area contributed by atoms with Gasteiger partial charge in [-0.15, -0.1) is 0 Å². The number of anilines is 1. The molecule has 2 aromatic rings. The van der Waals surface area contributed by atoms with Crippen molar-refractivity contribution in [2.45, 2.75) is 38.2 Å². The van der Waals surface area contributed by atoms with Gasteiger partial charge in [-0.25, -0.2) is 4.98 Å². The normalized spacial score (nSPS) is 21.8. The standard InChI is InChI=1S/C21H26ClN5O2/c22-18-11-25-15(8-20(28)14-3-1-5-23-9-14)7-17(18)19-12-24-13-21(27-19)26-10-16-4-2-6-29-16/h7,11-14,16,23H,1-6,8-10H2,(H,26,27)/t14-,16+/m1/s1. The number of piperidine rings is 1. The molecule has 2 aliphatic rings. The van der Waals surface area contributed by atoms with Crippen molar-refractivity contribution in [3.05, 3.63) is 35.4 Å². The number of aromatic nitrogens is 3. The van der Waals surface area contributed by atoms with Gasteiger partial charge in [0.05, 0.1) is 29.2 Å². The third-order valence-corrected chi connectivity index (χ3v) is 5.77. The molecule has 154 valence electrons. The van der Waals surface area contributed by atoms with E-state index >= 15 is 0 Å². The second-order valence-electron chi connectivity index (χ2n) is 7.65. The van der Waals surface area contributed by atoms with E-state index in [-0.39, 0.29) is 17.8 Å². The van der Waals surface area contributed by atoms with Crippen molar-refractivity contribution < 1.29 is 9.53 Å². The topological polar surface area (TPSA) is 89.0 Å². The zero-order valence-electron chi connectivity index (χ0n) is 16.4. The van der Waals surface area contributed by atoms with Crippen LogP contribution in [0.4, 0.5) is 5.82 Å². The van der Waals surface area contributed by atoms with Gasteiger partial charge in [0.2, 0.25) is 0 Å². The second kappa shape index (κ2) is 9.61. The van der Waals surface area contributed by atoms with Gasteiger partial charge in [-0.2, -0.15) is 0 Å². The number of carbonyl (C=O) groups excluding carboxylic acids is 1. The Hall–Kier alpha value is -2.09. The summed E-state index contributed by atoms with van der Waals surface area (Å²) >= 11 is 6.38. The van der Waals surface area contributed by atoms with Crippen LogP contribution < -0.4 is 10.6 Å². The average Bonchev–Trinajstić information content (AvgIpc) is 3.28. The lowest BCUT2D eigenvalue weighted by Gasteiger charge is -2.21. The van der Waals surface area contributed by atoms with Gasteiger partial charge in [-0.1, -0.05) is 11.6 Å². The van der Waals surface area contributed by atoms with E-state index in [9.17, 15) is 4.79 Å². The van der Waals surface area contributed by atoms with Gasteiger partial charge < -0.3 is 15.4 Å². The molecule has 4 rings (SSSR count).